The number of fused-ring (bicyclic) bond motifs is 3. The summed E-state index contributed by atoms with van der Waals surface area (Å²) in [6.45, 7) is 1.93. The van der Waals surface area contributed by atoms with E-state index in [1.165, 1.54) is 37.7 Å². The fourth-order valence-electron chi connectivity index (χ4n) is 7.50. The molecule has 0 unspecified atom stereocenters. The fourth-order valence-corrected chi connectivity index (χ4v) is 8.56. The van der Waals surface area contributed by atoms with E-state index in [0.717, 1.165) is 52.9 Å². The van der Waals surface area contributed by atoms with Crippen molar-refractivity contribution in [3.8, 4) is 0 Å². The summed E-state index contributed by atoms with van der Waals surface area (Å²) >= 11 is 1.34. The summed E-state index contributed by atoms with van der Waals surface area (Å²) < 4.78 is 6.70. The Morgan fingerprint density at radius 2 is 2.09 bits per heavy atom. The van der Waals surface area contributed by atoms with Crippen molar-refractivity contribution in [1.82, 2.24) is 39.8 Å². The molecule has 0 spiro atoms. The maximum absolute atomic E-state index is 12.2. The first-order valence-electron chi connectivity index (χ1n) is 11.4. The molecule has 0 aromatic carbocycles. The molecule has 4 aromatic rings. The lowest BCUT2D eigenvalue weighted by Gasteiger charge is -2.61. The van der Waals surface area contributed by atoms with E-state index in [2.05, 4.69) is 20.4 Å². The minimum atomic E-state index is -0.339. The van der Waals surface area contributed by atoms with Gasteiger partial charge in [-0.05, 0) is 73.5 Å². The second-order valence-electron chi connectivity index (χ2n) is 10.4. The molecular formula is C22H24N8O2S. The van der Waals surface area contributed by atoms with Crippen molar-refractivity contribution in [3.05, 3.63) is 28.9 Å². The first-order valence-corrected chi connectivity index (χ1v) is 12.2. The van der Waals surface area contributed by atoms with Gasteiger partial charge in [-0.15, -0.1) is 26.6 Å². The van der Waals surface area contributed by atoms with Crippen LogP contribution in [0.25, 0.3) is 15.9 Å². The van der Waals surface area contributed by atoms with Gasteiger partial charge in [0.1, 0.15) is 16.0 Å². The molecule has 4 aliphatic carbocycles. The molecular weight excluding hydrogens is 440 g/mol. The quantitative estimate of drug-likeness (QED) is 0.424. The number of carbonyl (C=O) groups is 1. The number of thiophene rings is 1. The summed E-state index contributed by atoms with van der Waals surface area (Å²) in [5.41, 5.74) is 1.76. The van der Waals surface area contributed by atoms with Crippen LogP contribution >= 0.6 is 11.3 Å². The Balaban J connectivity index is 1.28. The van der Waals surface area contributed by atoms with Crippen molar-refractivity contribution in [2.45, 2.75) is 57.4 Å². The molecule has 2 atom stereocenters. The number of hydrogen-bond acceptors (Lipinski definition) is 9. The Hall–Kier alpha value is -2.95. The number of nitrogens with zero attached hydrogens (tertiary/aromatic N) is 8. The van der Waals surface area contributed by atoms with Crippen LogP contribution in [-0.4, -0.2) is 52.9 Å². The molecule has 10 nitrogen and oxygen atoms in total. The lowest BCUT2D eigenvalue weighted by atomic mass is 9.46. The van der Waals surface area contributed by atoms with Crippen molar-refractivity contribution in [2.75, 3.05) is 7.11 Å². The minimum absolute atomic E-state index is 0.0199. The average molecular weight is 465 g/mol. The number of hydrogen-bond donors (Lipinski definition) is 0. The standard InChI is InChI=1S/C22H24N8O2S/c1-12-16-18-26-15(27-29(18)11-23-19(16)33-17(12)20(31)32-2)8-21-4-13-3-14(5-21)7-22(6-13,9-21)30-25-10-24-28-30/h10-11,13-14H,3-9H2,1-2H3/t13-,14-,21?,22?/m0/s1. The van der Waals surface area contributed by atoms with Gasteiger partial charge >= 0.3 is 5.97 Å². The summed E-state index contributed by atoms with van der Waals surface area (Å²) in [6.07, 6.45) is 11.2. The van der Waals surface area contributed by atoms with Crippen LogP contribution in [0.2, 0.25) is 0 Å². The molecule has 8 rings (SSSR count). The first kappa shape index (κ1) is 19.5. The molecule has 11 heteroatoms. The highest BCUT2D eigenvalue weighted by Crippen LogP contribution is 2.64. The van der Waals surface area contributed by atoms with Gasteiger partial charge in [0.2, 0.25) is 0 Å². The zero-order valence-electron chi connectivity index (χ0n) is 18.6. The summed E-state index contributed by atoms with van der Waals surface area (Å²) in [6, 6.07) is 0. The van der Waals surface area contributed by atoms with E-state index in [1.807, 2.05) is 11.7 Å². The third-order valence-electron chi connectivity index (χ3n) is 8.14. The van der Waals surface area contributed by atoms with Gasteiger partial charge in [0.15, 0.2) is 17.8 Å². The number of carbonyl (C=O) groups excluding carboxylic acids is 1. The summed E-state index contributed by atoms with van der Waals surface area (Å²) in [4.78, 5) is 25.0. The number of tetrazole rings is 1. The van der Waals surface area contributed by atoms with Crippen LogP contribution in [0.15, 0.2) is 12.7 Å². The van der Waals surface area contributed by atoms with Crippen molar-refractivity contribution in [3.63, 3.8) is 0 Å². The molecule has 4 heterocycles. The van der Waals surface area contributed by atoms with Gasteiger partial charge in [0.25, 0.3) is 0 Å². The molecule has 0 amide bonds. The molecule has 4 fully saturated rings. The molecule has 4 aliphatic rings. The molecule has 0 N–H and O–H groups in total. The number of aromatic nitrogens is 8. The Morgan fingerprint density at radius 3 is 2.82 bits per heavy atom. The van der Waals surface area contributed by atoms with E-state index >= 15 is 0 Å². The maximum atomic E-state index is 12.2. The maximum Gasteiger partial charge on any atom is 0.348 e. The summed E-state index contributed by atoms with van der Waals surface area (Å²) in [5.74, 6) is 1.90. The zero-order chi connectivity index (χ0) is 22.4. The van der Waals surface area contributed by atoms with E-state index in [9.17, 15) is 4.79 Å². The van der Waals surface area contributed by atoms with Crippen LogP contribution < -0.4 is 0 Å². The van der Waals surface area contributed by atoms with Gasteiger partial charge in [-0.25, -0.2) is 19.3 Å². The van der Waals surface area contributed by atoms with Crippen LogP contribution in [0.1, 0.15) is 59.6 Å². The van der Waals surface area contributed by atoms with Crippen molar-refractivity contribution in [1.29, 1.82) is 0 Å². The Labute approximate surface area is 193 Å². The highest BCUT2D eigenvalue weighted by atomic mass is 32.1. The zero-order valence-corrected chi connectivity index (χ0v) is 19.4. The van der Waals surface area contributed by atoms with Gasteiger partial charge in [-0.1, -0.05) is 0 Å². The third kappa shape index (κ3) is 2.74. The Kier molecular flexibility index (Phi) is 3.88. The van der Waals surface area contributed by atoms with E-state index in [1.54, 1.807) is 17.2 Å². The van der Waals surface area contributed by atoms with Crippen LogP contribution in [0, 0.1) is 24.2 Å². The second-order valence-corrected chi connectivity index (χ2v) is 11.4. The largest absolute Gasteiger partial charge is 0.465 e. The SMILES string of the molecule is COC(=O)c1sc2ncn3nc(CC45C[C@@H]6C[C@@H](C4)CC(n4ncnn4)(C6)C5)nc3c2c1C. The topological polar surface area (TPSA) is 113 Å². The predicted molar refractivity (Wildman–Crippen MR) is 119 cm³/mol. The lowest BCUT2D eigenvalue weighted by molar-refractivity contribution is -0.112. The molecule has 4 bridgehead atoms. The van der Waals surface area contributed by atoms with E-state index in [4.69, 9.17) is 14.8 Å². The minimum Gasteiger partial charge on any atom is -0.465 e. The van der Waals surface area contributed by atoms with Crippen LogP contribution in [0.4, 0.5) is 0 Å². The molecule has 0 aliphatic heterocycles. The molecule has 0 saturated heterocycles. The smallest absolute Gasteiger partial charge is 0.348 e. The van der Waals surface area contributed by atoms with Gasteiger partial charge < -0.3 is 4.74 Å². The van der Waals surface area contributed by atoms with E-state index in [0.29, 0.717) is 16.7 Å². The highest BCUT2D eigenvalue weighted by Gasteiger charge is 2.59. The Bertz CT molecular complexity index is 1390. The third-order valence-corrected chi connectivity index (χ3v) is 9.32. The molecule has 170 valence electrons. The van der Waals surface area contributed by atoms with Gasteiger partial charge in [-0.2, -0.15) is 4.80 Å². The normalized spacial score (nSPS) is 30.5. The van der Waals surface area contributed by atoms with Crippen molar-refractivity contribution >= 4 is 33.2 Å². The highest BCUT2D eigenvalue weighted by molar-refractivity contribution is 7.20. The molecule has 4 aromatic heterocycles. The first-order chi connectivity index (χ1) is 16.0. The van der Waals surface area contributed by atoms with Crippen LogP contribution in [-0.2, 0) is 16.7 Å². The van der Waals surface area contributed by atoms with Crippen LogP contribution in [0.3, 0.4) is 0 Å². The second kappa shape index (κ2) is 6.55. The monoisotopic (exact) mass is 464 g/mol. The van der Waals surface area contributed by atoms with E-state index in [-0.39, 0.29) is 16.9 Å². The number of esters is 1. The number of aryl methyl sites for hydroxylation is 1. The summed E-state index contributed by atoms with van der Waals surface area (Å²) in [5, 5.41) is 18.5. The number of rotatable bonds is 4. The van der Waals surface area contributed by atoms with Crippen molar-refractivity contribution < 1.29 is 9.53 Å². The molecule has 4 saturated carbocycles. The van der Waals surface area contributed by atoms with Crippen molar-refractivity contribution in [2.24, 2.45) is 17.3 Å². The molecule has 33 heavy (non-hydrogen) atoms. The fraction of sp³-hybridized carbons (Fsp3) is 0.591. The van der Waals surface area contributed by atoms with E-state index < -0.39 is 0 Å². The van der Waals surface area contributed by atoms with Gasteiger partial charge in [0.05, 0.1) is 18.0 Å². The summed E-state index contributed by atoms with van der Waals surface area (Å²) in [7, 11) is 1.40. The van der Waals surface area contributed by atoms with Crippen LogP contribution in [0.5, 0.6) is 0 Å². The predicted octanol–water partition coefficient (Wildman–Crippen LogP) is 2.96. The Morgan fingerprint density at radius 1 is 1.27 bits per heavy atom. The average Bonchev–Trinajstić information content (AvgIpc) is 3.50. The number of ether oxygens (including phenoxy) is 1. The molecule has 0 radical (unpaired) electrons. The van der Waals surface area contributed by atoms with Gasteiger partial charge in [0, 0.05) is 6.42 Å². The van der Waals surface area contributed by atoms with Gasteiger partial charge in [-0.3, -0.25) is 0 Å². The lowest BCUT2D eigenvalue weighted by Crippen LogP contribution is -2.57. The number of methoxy groups -OCH3 is 1.